The average Bonchev–Trinajstić information content (AvgIpc) is 2.42. The highest BCUT2D eigenvalue weighted by molar-refractivity contribution is 9.10. The third-order valence-electron chi connectivity index (χ3n) is 3.51. The van der Waals surface area contributed by atoms with Gasteiger partial charge in [-0.05, 0) is 41.4 Å². The molecule has 0 aromatic heterocycles. The molecule has 0 bridgehead atoms. The summed E-state index contributed by atoms with van der Waals surface area (Å²) in [5, 5.41) is 0.295. The van der Waals surface area contributed by atoms with Crippen molar-refractivity contribution < 1.29 is 13.2 Å². The van der Waals surface area contributed by atoms with Crippen LogP contribution in [0.25, 0.3) is 0 Å². The lowest BCUT2D eigenvalue weighted by atomic mass is 10.2. The van der Waals surface area contributed by atoms with E-state index in [1.54, 1.807) is 0 Å². The summed E-state index contributed by atoms with van der Waals surface area (Å²) in [6, 6.07) is 2.76. The van der Waals surface area contributed by atoms with Gasteiger partial charge in [-0.25, -0.2) is 8.42 Å². The monoisotopic (exact) mass is 396 g/mol. The smallest absolute Gasteiger partial charge is 0.244 e. The van der Waals surface area contributed by atoms with Crippen LogP contribution in [0.4, 0.5) is 5.69 Å². The zero-order valence-corrected chi connectivity index (χ0v) is 15.0. The van der Waals surface area contributed by atoms with Gasteiger partial charge in [0.25, 0.3) is 0 Å². The number of halogens is 2. The first-order valence-corrected chi connectivity index (χ1v) is 9.26. The second-order valence-electron chi connectivity index (χ2n) is 5.09. The number of nitrogens with zero attached hydrogens (tertiary/aromatic N) is 1. The number of ether oxygens (including phenoxy) is 1. The standard InChI is InChI=1S/C13H18BrClN2O3S/c1-3-10-7-20-8(2)6-17(10)21(18,19)12-5-9(15)4-11(16)13(12)14/h4-5,8,10H,3,6-7,16H2,1-2H3. The summed E-state index contributed by atoms with van der Waals surface area (Å²) < 4.78 is 33.3. The number of sulfonamides is 1. The van der Waals surface area contributed by atoms with Crippen molar-refractivity contribution in [3.63, 3.8) is 0 Å². The molecule has 118 valence electrons. The van der Waals surface area contributed by atoms with Crippen molar-refractivity contribution in [1.82, 2.24) is 4.31 Å². The molecule has 0 spiro atoms. The number of rotatable bonds is 3. The fraction of sp³-hybridized carbons (Fsp3) is 0.538. The predicted octanol–water partition coefficient (Wildman–Crippen LogP) is 2.87. The number of nitrogens with two attached hydrogens (primary N) is 1. The van der Waals surface area contributed by atoms with Gasteiger partial charge in [0, 0.05) is 23.3 Å². The normalized spacial score (nSPS) is 24.2. The molecule has 2 unspecified atom stereocenters. The molecule has 0 aliphatic carbocycles. The summed E-state index contributed by atoms with van der Waals surface area (Å²) in [6.45, 7) is 4.51. The SMILES string of the molecule is CCC1COC(C)CN1S(=O)(=O)c1cc(Cl)cc(N)c1Br. The molecule has 1 heterocycles. The maximum Gasteiger partial charge on any atom is 0.244 e. The van der Waals surface area contributed by atoms with Crippen LogP contribution in [0.5, 0.6) is 0 Å². The summed E-state index contributed by atoms with van der Waals surface area (Å²) in [7, 11) is -3.69. The summed E-state index contributed by atoms with van der Waals surface area (Å²) in [5.41, 5.74) is 6.10. The first-order valence-electron chi connectivity index (χ1n) is 6.65. The van der Waals surface area contributed by atoms with E-state index in [1.807, 2.05) is 13.8 Å². The zero-order valence-electron chi connectivity index (χ0n) is 11.8. The maximum absolute atomic E-state index is 13.0. The van der Waals surface area contributed by atoms with Crippen molar-refractivity contribution in [3.8, 4) is 0 Å². The Kier molecular flexibility index (Phi) is 5.20. The van der Waals surface area contributed by atoms with Gasteiger partial charge in [0.1, 0.15) is 0 Å². The van der Waals surface area contributed by atoms with Gasteiger partial charge in [-0.2, -0.15) is 4.31 Å². The number of nitrogen functional groups attached to an aromatic ring is 1. The van der Waals surface area contributed by atoms with Crippen molar-refractivity contribution in [3.05, 3.63) is 21.6 Å². The summed E-state index contributed by atoms with van der Waals surface area (Å²) in [4.78, 5) is 0.0973. The molecule has 5 nitrogen and oxygen atoms in total. The van der Waals surface area contributed by atoms with E-state index in [9.17, 15) is 8.42 Å². The molecule has 1 aromatic carbocycles. The second-order valence-corrected chi connectivity index (χ2v) is 8.18. The van der Waals surface area contributed by atoms with Gasteiger partial charge >= 0.3 is 0 Å². The molecule has 8 heteroatoms. The minimum Gasteiger partial charge on any atom is -0.398 e. The molecule has 0 saturated carbocycles. The van der Waals surface area contributed by atoms with Crippen LogP contribution in [0.3, 0.4) is 0 Å². The first-order chi connectivity index (χ1) is 9.77. The van der Waals surface area contributed by atoms with E-state index in [2.05, 4.69) is 15.9 Å². The topological polar surface area (TPSA) is 72.6 Å². The molecule has 1 aliphatic heterocycles. The average molecular weight is 398 g/mol. The van der Waals surface area contributed by atoms with Crippen LogP contribution in [0, 0.1) is 0 Å². The third-order valence-corrected chi connectivity index (χ3v) is 6.82. The Hall–Kier alpha value is -0.340. The van der Waals surface area contributed by atoms with Gasteiger partial charge in [-0.1, -0.05) is 18.5 Å². The molecular weight excluding hydrogens is 380 g/mol. The minimum atomic E-state index is -3.69. The molecule has 1 fully saturated rings. The van der Waals surface area contributed by atoms with Gasteiger partial charge in [0.15, 0.2) is 0 Å². The van der Waals surface area contributed by atoms with E-state index >= 15 is 0 Å². The van der Waals surface area contributed by atoms with Crippen molar-refractivity contribution in [2.24, 2.45) is 0 Å². The molecule has 2 rings (SSSR count). The van der Waals surface area contributed by atoms with Gasteiger partial charge in [-0.15, -0.1) is 0 Å². The van der Waals surface area contributed by atoms with Crippen LogP contribution < -0.4 is 5.73 Å². The highest BCUT2D eigenvalue weighted by atomic mass is 79.9. The largest absolute Gasteiger partial charge is 0.398 e. The molecule has 2 atom stereocenters. The Morgan fingerprint density at radius 3 is 2.81 bits per heavy atom. The fourth-order valence-corrected chi connectivity index (χ4v) is 5.34. The van der Waals surface area contributed by atoms with Gasteiger partial charge in [0.2, 0.25) is 10.0 Å². The van der Waals surface area contributed by atoms with Gasteiger partial charge in [0.05, 0.1) is 22.1 Å². The molecule has 0 radical (unpaired) electrons. The Morgan fingerprint density at radius 2 is 2.19 bits per heavy atom. The van der Waals surface area contributed by atoms with Crippen LogP contribution in [0.15, 0.2) is 21.5 Å². The van der Waals surface area contributed by atoms with Gasteiger partial charge < -0.3 is 10.5 Å². The number of benzene rings is 1. The third kappa shape index (κ3) is 3.37. The highest BCUT2D eigenvalue weighted by Crippen LogP contribution is 2.35. The second kappa shape index (κ2) is 6.42. The maximum atomic E-state index is 13.0. The van der Waals surface area contributed by atoms with Crippen LogP contribution in [0.2, 0.25) is 5.02 Å². The number of anilines is 1. The zero-order chi connectivity index (χ0) is 15.8. The molecule has 1 saturated heterocycles. The van der Waals surface area contributed by atoms with Crippen molar-refractivity contribution >= 4 is 43.2 Å². The van der Waals surface area contributed by atoms with Crippen molar-refractivity contribution in [2.75, 3.05) is 18.9 Å². The molecule has 21 heavy (non-hydrogen) atoms. The Bertz CT molecular complexity index is 639. The predicted molar refractivity (Wildman–Crippen MR) is 86.9 cm³/mol. The van der Waals surface area contributed by atoms with E-state index in [0.29, 0.717) is 34.8 Å². The van der Waals surface area contributed by atoms with Crippen molar-refractivity contribution in [2.45, 2.75) is 37.3 Å². The lowest BCUT2D eigenvalue weighted by Crippen LogP contribution is -2.51. The Labute approximate surface area is 138 Å². The number of hydrogen-bond acceptors (Lipinski definition) is 4. The summed E-state index contributed by atoms with van der Waals surface area (Å²) in [5.74, 6) is 0. The Morgan fingerprint density at radius 1 is 1.52 bits per heavy atom. The van der Waals surface area contributed by atoms with Crippen LogP contribution in [-0.4, -0.2) is 38.0 Å². The van der Waals surface area contributed by atoms with Crippen LogP contribution in [-0.2, 0) is 14.8 Å². The van der Waals surface area contributed by atoms with E-state index in [1.165, 1.54) is 16.4 Å². The molecule has 1 aliphatic rings. The Balaban J connectivity index is 2.50. The van der Waals surface area contributed by atoms with Crippen molar-refractivity contribution in [1.29, 1.82) is 0 Å². The molecule has 1 aromatic rings. The molecule has 0 amide bonds. The number of morpholine rings is 1. The lowest BCUT2D eigenvalue weighted by molar-refractivity contribution is -0.0230. The van der Waals surface area contributed by atoms with Gasteiger partial charge in [-0.3, -0.25) is 0 Å². The first kappa shape index (κ1) is 17.0. The van der Waals surface area contributed by atoms with E-state index in [4.69, 9.17) is 22.1 Å². The van der Waals surface area contributed by atoms with E-state index in [-0.39, 0.29) is 17.0 Å². The molecular formula is C13H18BrClN2O3S. The number of hydrogen-bond donors (Lipinski definition) is 1. The highest BCUT2D eigenvalue weighted by Gasteiger charge is 2.37. The minimum absolute atomic E-state index is 0.0973. The van der Waals surface area contributed by atoms with E-state index in [0.717, 1.165) is 0 Å². The fourth-order valence-electron chi connectivity index (χ4n) is 2.33. The van der Waals surface area contributed by atoms with Crippen LogP contribution >= 0.6 is 27.5 Å². The quantitative estimate of drug-likeness (QED) is 0.796. The summed E-state index contributed by atoms with van der Waals surface area (Å²) in [6.07, 6.45) is 0.539. The molecule has 2 N–H and O–H groups in total. The van der Waals surface area contributed by atoms with E-state index < -0.39 is 10.0 Å². The van der Waals surface area contributed by atoms with Crippen LogP contribution in [0.1, 0.15) is 20.3 Å². The summed E-state index contributed by atoms with van der Waals surface area (Å²) >= 11 is 9.21. The lowest BCUT2D eigenvalue weighted by Gasteiger charge is -2.37.